The zero-order valence-corrected chi connectivity index (χ0v) is 8.40. The highest BCUT2D eigenvalue weighted by atomic mass is 16.5. The predicted octanol–water partition coefficient (Wildman–Crippen LogP) is 1.68. The van der Waals surface area contributed by atoms with Crippen LogP contribution in [-0.4, -0.2) is 22.8 Å². The molecule has 0 amide bonds. The van der Waals surface area contributed by atoms with E-state index in [4.69, 9.17) is 4.74 Å². The summed E-state index contributed by atoms with van der Waals surface area (Å²) in [6, 6.07) is 1.90. The summed E-state index contributed by atoms with van der Waals surface area (Å²) in [4.78, 5) is 10.3. The lowest BCUT2D eigenvalue weighted by atomic mass is 10.1. The molecule has 4 heteroatoms. The van der Waals surface area contributed by atoms with E-state index in [1.165, 1.54) is 0 Å². The Morgan fingerprint density at radius 2 is 2.57 bits per heavy atom. The van der Waals surface area contributed by atoms with Crippen LogP contribution in [-0.2, 0) is 16.0 Å². The highest BCUT2D eigenvalue weighted by Crippen LogP contribution is 2.09. The number of ether oxygens (including phenoxy) is 1. The van der Waals surface area contributed by atoms with E-state index < -0.39 is 0 Å². The van der Waals surface area contributed by atoms with Crippen LogP contribution in [0.4, 0.5) is 0 Å². The van der Waals surface area contributed by atoms with Crippen LogP contribution in [0.1, 0.15) is 31.9 Å². The lowest BCUT2D eigenvalue weighted by Gasteiger charge is -2.12. The van der Waals surface area contributed by atoms with Crippen LogP contribution in [0, 0.1) is 0 Å². The van der Waals surface area contributed by atoms with Gasteiger partial charge in [0.15, 0.2) is 0 Å². The second kappa shape index (κ2) is 6.18. The summed E-state index contributed by atoms with van der Waals surface area (Å²) in [5.74, 6) is 0. The van der Waals surface area contributed by atoms with Crippen molar-refractivity contribution in [1.29, 1.82) is 0 Å². The minimum atomic E-state index is -0.0317. The number of aromatic amines is 1. The molecule has 1 aromatic rings. The number of rotatable bonds is 7. The maximum absolute atomic E-state index is 10.3. The third-order valence-corrected chi connectivity index (χ3v) is 2.12. The monoisotopic (exact) mass is 196 g/mol. The fourth-order valence-electron chi connectivity index (χ4n) is 1.37. The first kappa shape index (κ1) is 10.8. The molecule has 4 nitrogen and oxygen atoms in total. The fraction of sp³-hybridized carbons (Fsp3) is 0.600. The van der Waals surface area contributed by atoms with Gasteiger partial charge in [0.2, 0.25) is 0 Å². The largest absolute Gasteiger partial charge is 0.464 e. The number of nitrogens with one attached hydrogen (secondary N) is 1. The summed E-state index contributed by atoms with van der Waals surface area (Å²) in [5, 5.41) is 6.76. The molecule has 1 atom stereocenters. The van der Waals surface area contributed by atoms with Gasteiger partial charge in [-0.05, 0) is 12.5 Å². The normalized spacial score (nSPS) is 12.4. The minimum absolute atomic E-state index is 0.0317. The van der Waals surface area contributed by atoms with E-state index in [0.29, 0.717) is 12.9 Å². The molecule has 0 saturated heterocycles. The Morgan fingerprint density at radius 1 is 1.71 bits per heavy atom. The second-order valence-corrected chi connectivity index (χ2v) is 3.27. The smallest absolute Gasteiger partial charge is 0.293 e. The van der Waals surface area contributed by atoms with Crippen LogP contribution in [0.15, 0.2) is 12.3 Å². The average molecular weight is 196 g/mol. The van der Waals surface area contributed by atoms with E-state index in [9.17, 15) is 4.79 Å². The Morgan fingerprint density at radius 3 is 3.14 bits per heavy atom. The van der Waals surface area contributed by atoms with E-state index in [1.807, 2.05) is 6.07 Å². The number of H-pyrrole nitrogens is 1. The van der Waals surface area contributed by atoms with Crippen LogP contribution in [0.25, 0.3) is 0 Å². The van der Waals surface area contributed by atoms with Crippen LogP contribution < -0.4 is 0 Å². The molecule has 0 aliphatic rings. The van der Waals surface area contributed by atoms with Crippen LogP contribution >= 0.6 is 0 Å². The van der Waals surface area contributed by atoms with Gasteiger partial charge in [-0.3, -0.25) is 9.89 Å². The quantitative estimate of drug-likeness (QED) is 0.675. The molecule has 1 unspecified atom stereocenters. The highest BCUT2D eigenvalue weighted by Gasteiger charge is 2.10. The molecule has 78 valence electrons. The molecule has 0 bridgehead atoms. The van der Waals surface area contributed by atoms with Crippen molar-refractivity contribution in [3.05, 3.63) is 18.0 Å². The van der Waals surface area contributed by atoms with E-state index in [0.717, 1.165) is 25.0 Å². The van der Waals surface area contributed by atoms with Gasteiger partial charge in [0.05, 0.1) is 5.69 Å². The zero-order valence-electron chi connectivity index (χ0n) is 8.40. The number of hydrogen-bond donors (Lipinski definition) is 1. The molecular formula is C10H16N2O2. The Bertz CT molecular complexity index is 247. The summed E-state index contributed by atoms with van der Waals surface area (Å²) in [7, 11) is 0. The van der Waals surface area contributed by atoms with Gasteiger partial charge in [-0.2, -0.15) is 5.10 Å². The third-order valence-electron chi connectivity index (χ3n) is 2.12. The van der Waals surface area contributed by atoms with Crippen molar-refractivity contribution in [2.24, 2.45) is 0 Å². The van der Waals surface area contributed by atoms with Crippen molar-refractivity contribution < 1.29 is 9.53 Å². The Kier molecular flexibility index (Phi) is 4.75. The fourth-order valence-corrected chi connectivity index (χ4v) is 1.37. The molecule has 0 aliphatic heterocycles. The van der Waals surface area contributed by atoms with Crippen molar-refractivity contribution in [3.63, 3.8) is 0 Å². The van der Waals surface area contributed by atoms with Crippen molar-refractivity contribution in [1.82, 2.24) is 10.2 Å². The predicted molar refractivity (Wildman–Crippen MR) is 52.8 cm³/mol. The summed E-state index contributed by atoms with van der Waals surface area (Å²) in [5.41, 5.74) is 0.938. The van der Waals surface area contributed by atoms with Crippen LogP contribution in [0.3, 0.4) is 0 Å². The van der Waals surface area contributed by atoms with Gasteiger partial charge in [0, 0.05) is 12.6 Å². The van der Waals surface area contributed by atoms with E-state index in [2.05, 4.69) is 17.1 Å². The molecule has 1 N–H and O–H groups in total. The number of nitrogens with zero attached hydrogens (tertiary/aromatic N) is 1. The molecule has 0 fully saturated rings. The summed E-state index contributed by atoms with van der Waals surface area (Å²) >= 11 is 0. The third kappa shape index (κ3) is 3.60. The van der Waals surface area contributed by atoms with Gasteiger partial charge in [-0.15, -0.1) is 0 Å². The molecule has 0 spiro atoms. The Balaban J connectivity index is 2.38. The minimum Gasteiger partial charge on any atom is -0.464 e. The van der Waals surface area contributed by atoms with Crippen LogP contribution in [0.5, 0.6) is 0 Å². The van der Waals surface area contributed by atoms with Crippen molar-refractivity contribution in [2.45, 2.75) is 38.7 Å². The molecule has 1 aromatic heterocycles. The number of unbranched alkanes of at least 4 members (excludes halogenated alkanes) is 1. The van der Waals surface area contributed by atoms with Gasteiger partial charge in [-0.25, -0.2) is 0 Å². The van der Waals surface area contributed by atoms with Crippen molar-refractivity contribution in [3.8, 4) is 0 Å². The molecule has 1 rings (SSSR count). The SMILES string of the molecule is CCCCC(Cc1cc[nH]n1)OC=O. The van der Waals surface area contributed by atoms with Crippen molar-refractivity contribution >= 4 is 6.47 Å². The molecule has 0 saturated carbocycles. The average Bonchev–Trinajstić information content (AvgIpc) is 2.67. The van der Waals surface area contributed by atoms with Gasteiger partial charge in [0.1, 0.15) is 6.10 Å². The van der Waals surface area contributed by atoms with E-state index in [1.54, 1.807) is 6.20 Å². The van der Waals surface area contributed by atoms with Gasteiger partial charge in [-0.1, -0.05) is 19.8 Å². The highest BCUT2D eigenvalue weighted by molar-refractivity contribution is 5.37. The molecule has 0 radical (unpaired) electrons. The number of aromatic nitrogens is 2. The number of carbonyl (C=O) groups is 1. The molecule has 14 heavy (non-hydrogen) atoms. The zero-order chi connectivity index (χ0) is 10.2. The second-order valence-electron chi connectivity index (χ2n) is 3.27. The standard InChI is InChI=1S/C10H16N2O2/c1-2-3-4-10(14-8-13)7-9-5-6-11-12-9/h5-6,8,10H,2-4,7H2,1H3,(H,11,12). The molecular weight excluding hydrogens is 180 g/mol. The lowest BCUT2D eigenvalue weighted by Crippen LogP contribution is -2.15. The van der Waals surface area contributed by atoms with E-state index in [-0.39, 0.29) is 6.10 Å². The Hall–Kier alpha value is -1.32. The first-order valence-electron chi connectivity index (χ1n) is 4.94. The summed E-state index contributed by atoms with van der Waals surface area (Å²) < 4.78 is 4.98. The van der Waals surface area contributed by atoms with Crippen LogP contribution in [0.2, 0.25) is 0 Å². The molecule has 0 aromatic carbocycles. The Labute approximate surface area is 83.7 Å². The first-order chi connectivity index (χ1) is 6.86. The molecule has 1 heterocycles. The maximum Gasteiger partial charge on any atom is 0.293 e. The topological polar surface area (TPSA) is 55.0 Å². The van der Waals surface area contributed by atoms with Gasteiger partial charge < -0.3 is 4.74 Å². The maximum atomic E-state index is 10.3. The summed E-state index contributed by atoms with van der Waals surface area (Å²) in [6.07, 6.45) is 5.52. The lowest BCUT2D eigenvalue weighted by molar-refractivity contribution is -0.133. The number of hydrogen-bond acceptors (Lipinski definition) is 3. The number of carbonyl (C=O) groups excluding carboxylic acids is 1. The first-order valence-corrected chi connectivity index (χ1v) is 4.94. The van der Waals surface area contributed by atoms with Gasteiger partial charge in [0.25, 0.3) is 6.47 Å². The van der Waals surface area contributed by atoms with Gasteiger partial charge >= 0.3 is 0 Å². The molecule has 0 aliphatic carbocycles. The van der Waals surface area contributed by atoms with Crippen molar-refractivity contribution in [2.75, 3.05) is 0 Å². The summed E-state index contributed by atoms with van der Waals surface area (Å²) in [6.45, 7) is 2.64. The van der Waals surface area contributed by atoms with E-state index >= 15 is 0 Å².